The Morgan fingerprint density at radius 1 is 1.09 bits per heavy atom. The number of nitrogens with zero attached hydrogens (tertiary/aromatic N) is 2. The van der Waals surface area contributed by atoms with E-state index in [4.69, 9.17) is 30.8 Å². The van der Waals surface area contributed by atoms with Gasteiger partial charge in [0.25, 0.3) is 5.56 Å². The molecule has 1 aliphatic heterocycles. The topological polar surface area (TPSA) is 79.1 Å². The van der Waals surface area contributed by atoms with Gasteiger partial charge in [0.05, 0.1) is 29.5 Å². The van der Waals surface area contributed by atoms with Gasteiger partial charge in [0.1, 0.15) is 24.1 Å². The van der Waals surface area contributed by atoms with E-state index in [1.54, 1.807) is 36.8 Å². The standard InChI is InChI=1S/C33H30BrClN2O5S/c1-4-6-26-29(32(39)41-5-2)30(25-18-23(35)13-16-27(25)40-3)37-31(38)28(43-33(37)36-26)17-20-9-14-24(15-10-20)42-19-21-7-11-22(34)12-8-21/h7-18,30H,4-6,19H2,1-3H3/b28-17+/t30-/m0/s1. The van der Waals surface area contributed by atoms with E-state index >= 15 is 0 Å². The molecule has 0 unspecified atom stereocenters. The van der Waals surface area contributed by atoms with Crippen molar-refractivity contribution in [1.29, 1.82) is 0 Å². The summed E-state index contributed by atoms with van der Waals surface area (Å²) < 4.78 is 20.1. The summed E-state index contributed by atoms with van der Waals surface area (Å²) in [4.78, 5) is 32.8. The van der Waals surface area contributed by atoms with Crippen LogP contribution >= 0.6 is 38.9 Å². The molecule has 5 rings (SSSR count). The molecule has 0 saturated heterocycles. The monoisotopic (exact) mass is 680 g/mol. The molecule has 43 heavy (non-hydrogen) atoms. The largest absolute Gasteiger partial charge is 0.496 e. The molecule has 2 heterocycles. The number of carbonyl (C=O) groups excluding carboxylic acids is 1. The van der Waals surface area contributed by atoms with E-state index in [0.717, 1.165) is 27.8 Å². The van der Waals surface area contributed by atoms with Crippen molar-refractivity contribution < 1.29 is 19.0 Å². The van der Waals surface area contributed by atoms with E-state index in [0.29, 0.717) is 50.0 Å². The van der Waals surface area contributed by atoms with Crippen molar-refractivity contribution in [2.45, 2.75) is 39.3 Å². The van der Waals surface area contributed by atoms with Gasteiger partial charge < -0.3 is 14.2 Å². The molecule has 4 aromatic rings. The molecule has 7 nitrogen and oxygen atoms in total. The van der Waals surface area contributed by atoms with Crippen LogP contribution in [-0.2, 0) is 16.1 Å². The van der Waals surface area contributed by atoms with Crippen LogP contribution in [-0.4, -0.2) is 24.3 Å². The molecule has 0 N–H and O–H groups in total. The predicted octanol–water partition coefficient (Wildman–Crippen LogP) is 6.58. The molecule has 3 aromatic carbocycles. The van der Waals surface area contributed by atoms with Gasteiger partial charge in [-0.3, -0.25) is 9.36 Å². The summed E-state index contributed by atoms with van der Waals surface area (Å²) in [7, 11) is 1.55. The predicted molar refractivity (Wildman–Crippen MR) is 173 cm³/mol. The molecular formula is C33H30BrClN2O5S. The van der Waals surface area contributed by atoms with E-state index in [1.165, 1.54) is 11.3 Å². The number of fused-ring (bicyclic) bond motifs is 1. The average Bonchev–Trinajstić information content (AvgIpc) is 3.31. The minimum absolute atomic E-state index is 0.189. The lowest BCUT2D eigenvalue weighted by Gasteiger charge is -2.27. The number of allylic oxidation sites excluding steroid dienone is 1. The van der Waals surface area contributed by atoms with Gasteiger partial charge in [-0.05, 0) is 73.0 Å². The highest BCUT2D eigenvalue weighted by molar-refractivity contribution is 9.10. The Hall–Kier alpha value is -3.66. The molecule has 10 heteroatoms. The molecule has 222 valence electrons. The summed E-state index contributed by atoms with van der Waals surface area (Å²) in [5, 5.41) is 0.456. The van der Waals surface area contributed by atoms with Gasteiger partial charge in [-0.15, -0.1) is 0 Å². The van der Waals surface area contributed by atoms with Gasteiger partial charge >= 0.3 is 5.97 Å². The zero-order valence-corrected chi connectivity index (χ0v) is 27.1. The highest BCUT2D eigenvalue weighted by atomic mass is 79.9. The SMILES string of the molecule is CCCC1=C(C(=O)OCC)[C@H](c2cc(Cl)ccc2OC)n2c(s/c(=C/c3ccc(OCc4ccc(Br)cc4)cc3)c2=O)=N1. The van der Waals surface area contributed by atoms with Gasteiger partial charge in [0.2, 0.25) is 0 Å². The zero-order valence-electron chi connectivity index (χ0n) is 23.9. The average molecular weight is 682 g/mol. The number of hydrogen-bond acceptors (Lipinski definition) is 7. The Bertz CT molecular complexity index is 1850. The van der Waals surface area contributed by atoms with Crippen LogP contribution in [0.25, 0.3) is 6.08 Å². The maximum Gasteiger partial charge on any atom is 0.338 e. The van der Waals surface area contributed by atoms with Gasteiger partial charge in [-0.25, -0.2) is 9.79 Å². The number of esters is 1. The molecule has 0 radical (unpaired) electrons. The van der Waals surface area contributed by atoms with E-state index in [1.807, 2.05) is 61.5 Å². The van der Waals surface area contributed by atoms with E-state index in [9.17, 15) is 9.59 Å². The Morgan fingerprint density at radius 2 is 1.84 bits per heavy atom. The second-order valence-corrected chi connectivity index (χ2v) is 12.1. The third-order valence-corrected chi connectivity index (χ3v) is 8.62. The number of halogens is 2. The lowest BCUT2D eigenvalue weighted by Crippen LogP contribution is -2.40. The summed E-state index contributed by atoms with van der Waals surface area (Å²) in [5.41, 5.74) is 3.11. The van der Waals surface area contributed by atoms with Crippen molar-refractivity contribution in [2.75, 3.05) is 13.7 Å². The Kier molecular flexibility index (Phi) is 9.85. The summed E-state index contributed by atoms with van der Waals surface area (Å²) in [5.74, 6) is 0.704. The fourth-order valence-corrected chi connectivity index (χ4v) is 6.36. The second kappa shape index (κ2) is 13.8. The number of hydrogen-bond donors (Lipinski definition) is 0. The van der Waals surface area contributed by atoms with Crippen LogP contribution in [0, 0.1) is 0 Å². The maximum atomic E-state index is 14.0. The zero-order chi connectivity index (χ0) is 30.5. The maximum absolute atomic E-state index is 14.0. The normalized spacial score (nSPS) is 14.7. The molecular weight excluding hydrogens is 652 g/mol. The first-order valence-corrected chi connectivity index (χ1v) is 15.8. The van der Waals surface area contributed by atoms with Crippen LogP contribution in [0.4, 0.5) is 0 Å². The Labute approximate surface area is 266 Å². The first kappa shape index (κ1) is 30.8. The van der Waals surface area contributed by atoms with Crippen LogP contribution < -0.4 is 24.4 Å². The van der Waals surface area contributed by atoms with Gasteiger partial charge in [0, 0.05) is 15.1 Å². The van der Waals surface area contributed by atoms with Crippen molar-refractivity contribution >= 4 is 50.9 Å². The molecule has 0 aliphatic carbocycles. The number of carbonyl (C=O) groups is 1. The Balaban J connectivity index is 1.57. The quantitative estimate of drug-likeness (QED) is 0.177. The van der Waals surface area contributed by atoms with Gasteiger partial charge in [0.15, 0.2) is 4.80 Å². The lowest BCUT2D eigenvalue weighted by atomic mass is 9.93. The molecule has 0 bridgehead atoms. The Morgan fingerprint density at radius 3 is 2.51 bits per heavy atom. The number of ether oxygens (including phenoxy) is 3. The number of methoxy groups -OCH3 is 1. The molecule has 0 spiro atoms. The van der Waals surface area contributed by atoms with Crippen molar-refractivity contribution in [3.63, 3.8) is 0 Å². The van der Waals surface area contributed by atoms with Crippen molar-refractivity contribution in [3.8, 4) is 11.5 Å². The van der Waals surface area contributed by atoms with E-state index in [2.05, 4.69) is 15.9 Å². The van der Waals surface area contributed by atoms with Gasteiger partial charge in [-0.2, -0.15) is 0 Å². The third-order valence-electron chi connectivity index (χ3n) is 6.88. The first-order chi connectivity index (χ1) is 20.8. The fourth-order valence-electron chi connectivity index (χ4n) is 4.89. The highest BCUT2D eigenvalue weighted by Gasteiger charge is 2.36. The summed E-state index contributed by atoms with van der Waals surface area (Å²) in [6, 6.07) is 19.9. The molecule has 0 saturated carbocycles. The molecule has 1 atom stereocenters. The van der Waals surface area contributed by atoms with Crippen LogP contribution in [0.2, 0.25) is 5.02 Å². The summed E-state index contributed by atoms with van der Waals surface area (Å²) in [6.07, 6.45) is 3.12. The number of thiazole rings is 1. The summed E-state index contributed by atoms with van der Waals surface area (Å²) >= 11 is 11.1. The van der Waals surface area contributed by atoms with E-state index < -0.39 is 12.0 Å². The minimum Gasteiger partial charge on any atom is -0.496 e. The molecule has 0 fully saturated rings. The number of benzene rings is 3. The lowest BCUT2D eigenvalue weighted by molar-refractivity contribution is -0.139. The number of rotatable bonds is 10. The fraction of sp³-hybridized carbons (Fsp3) is 0.242. The summed E-state index contributed by atoms with van der Waals surface area (Å²) in [6.45, 7) is 4.40. The van der Waals surface area contributed by atoms with Crippen molar-refractivity contribution in [2.24, 2.45) is 4.99 Å². The van der Waals surface area contributed by atoms with Crippen LogP contribution in [0.5, 0.6) is 11.5 Å². The molecule has 1 aliphatic rings. The molecule has 1 aromatic heterocycles. The van der Waals surface area contributed by atoms with Gasteiger partial charge in [-0.1, -0.05) is 76.5 Å². The third kappa shape index (κ3) is 6.79. The van der Waals surface area contributed by atoms with E-state index in [-0.39, 0.29) is 12.2 Å². The van der Waals surface area contributed by atoms with Crippen molar-refractivity contribution in [1.82, 2.24) is 4.57 Å². The number of aromatic nitrogens is 1. The van der Waals surface area contributed by atoms with Crippen LogP contribution in [0.15, 0.2) is 92.3 Å². The smallest absolute Gasteiger partial charge is 0.338 e. The second-order valence-electron chi connectivity index (χ2n) is 9.78. The minimum atomic E-state index is -0.818. The molecule has 0 amide bonds. The highest BCUT2D eigenvalue weighted by Crippen LogP contribution is 2.38. The first-order valence-electron chi connectivity index (χ1n) is 13.9. The van der Waals surface area contributed by atoms with Crippen LogP contribution in [0.1, 0.15) is 49.4 Å². The van der Waals surface area contributed by atoms with Crippen molar-refractivity contribution in [3.05, 3.63) is 124 Å². The van der Waals surface area contributed by atoms with Crippen LogP contribution in [0.3, 0.4) is 0 Å².